The van der Waals surface area contributed by atoms with Gasteiger partial charge in [-0.1, -0.05) is 36.4 Å². The smallest absolute Gasteiger partial charge is 0.219 e. The van der Waals surface area contributed by atoms with Crippen LogP contribution >= 0.6 is 0 Å². The van der Waals surface area contributed by atoms with E-state index in [1.54, 1.807) is 13.3 Å². The van der Waals surface area contributed by atoms with Gasteiger partial charge in [-0.3, -0.25) is 9.36 Å². The standard InChI is InChI=1S/C19H20N4O/c1-14(24)22-11-5-8-16(12-22)19-21-20-13-23(19)18-10-4-7-15-6-2-3-9-17(15)18/h2-4,6-7,9-10,13,16H,5,8,11-12H2,1H3. The lowest BCUT2D eigenvalue weighted by Gasteiger charge is -2.31. The zero-order valence-electron chi connectivity index (χ0n) is 13.7. The van der Waals surface area contributed by atoms with Gasteiger partial charge in [-0.15, -0.1) is 10.2 Å². The number of carbonyl (C=O) groups is 1. The van der Waals surface area contributed by atoms with E-state index in [1.807, 2.05) is 17.0 Å². The van der Waals surface area contributed by atoms with Gasteiger partial charge in [-0.05, 0) is 24.3 Å². The maximum atomic E-state index is 11.7. The molecule has 1 atom stereocenters. The third kappa shape index (κ3) is 2.56. The SMILES string of the molecule is CC(=O)N1CCCC(c2nncn2-c2cccc3ccccc23)C1. The highest BCUT2D eigenvalue weighted by molar-refractivity contribution is 5.90. The Morgan fingerprint density at radius 1 is 1.17 bits per heavy atom. The van der Waals surface area contributed by atoms with Crippen molar-refractivity contribution in [2.24, 2.45) is 0 Å². The lowest BCUT2D eigenvalue weighted by Crippen LogP contribution is -2.38. The molecule has 1 amide bonds. The van der Waals surface area contributed by atoms with Crippen LogP contribution in [0.4, 0.5) is 0 Å². The zero-order valence-corrected chi connectivity index (χ0v) is 13.7. The van der Waals surface area contributed by atoms with Crippen molar-refractivity contribution in [3.05, 3.63) is 54.6 Å². The second-order valence-electron chi connectivity index (χ2n) is 6.36. The molecule has 4 rings (SSSR count). The van der Waals surface area contributed by atoms with Gasteiger partial charge in [0.15, 0.2) is 0 Å². The molecule has 0 bridgehead atoms. The normalized spacial score (nSPS) is 18.0. The van der Waals surface area contributed by atoms with Crippen molar-refractivity contribution >= 4 is 16.7 Å². The maximum Gasteiger partial charge on any atom is 0.219 e. The molecule has 0 aliphatic carbocycles. The third-order valence-corrected chi connectivity index (χ3v) is 4.83. The number of piperidine rings is 1. The highest BCUT2D eigenvalue weighted by Gasteiger charge is 2.27. The van der Waals surface area contributed by atoms with Crippen molar-refractivity contribution in [1.29, 1.82) is 0 Å². The number of aromatic nitrogens is 3. The van der Waals surface area contributed by atoms with Crippen LogP contribution in [-0.4, -0.2) is 38.7 Å². The molecule has 1 aromatic heterocycles. The molecule has 122 valence electrons. The Hall–Kier alpha value is -2.69. The Labute approximate surface area is 140 Å². The summed E-state index contributed by atoms with van der Waals surface area (Å²) in [6, 6.07) is 14.6. The number of amides is 1. The molecule has 1 unspecified atom stereocenters. The summed E-state index contributed by atoms with van der Waals surface area (Å²) in [6.45, 7) is 3.20. The van der Waals surface area contributed by atoms with Gasteiger partial charge in [-0.2, -0.15) is 0 Å². The summed E-state index contributed by atoms with van der Waals surface area (Å²) < 4.78 is 2.08. The van der Waals surface area contributed by atoms with Crippen LogP contribution in [0, 0.1) is 0 Å². The fourth-order valence-corrected chi connectivity index (χ4v) is 3.60. The van der Waals surface area contributed by atoms with Crippen molar-refractivity contribution in [1.82, 2.24) is 19.7 Å². The van der Waals surface area contributed by atoms with Gasteiger partial charge < -0.3 is 4.90 Å². The van der Waals surface area contributed by atoms with E-state index >= 15 is 0 Å². The summed E-state index contributed by atoms with van der Waals surface area (Å²) in [4.78, 5) is 13.6. The van der Waals surface area contributed by atoms with Gasteiger partial charge in [0, 0.05) is 31.3 Å². The first-order valence-corrected chi connectivity index (χ1v) is 8.37. The number of likely N-dealkylation sites (tertiary alicyclic amines) is 1. The second-order valence-corrected chi connectivity index (χ2v) is 6.36. The third-order valence-electron chi connectivity index (χ3n) is 4.83. The molecular weight excluding hydrogens is 300 g/mol. The minimum Gasteiger partial charge on any atom is -0.342 e. The number of fused-ring (bicyclic) bond motifs is 1. The summed E-state index contributed by atoms with van der Waals surface area (Å²) in [5.41, 5.74) is 1.09. The van der Waals surface area contributed by atoms with Crippen LogP contribution in [0.3, 0.4) is 0 Å². The molecule has 24 heavy (non-hydrogen) atoms. The predicted molar refractivity (Wildman–Crippen MR) is 93.1 cm³/mol. The van der Waals surface area contributed by atoms with E-state index in [0.29, 0.717) is 0 Å². The first-order chi connectivity index (χ1) is 11.7. The van der Waals surface area contributed by atoms with Crippen molar-refractivity contribution in [2.75, 3.05) is 13.1 Å². The summed E-state index contributed by atoms with van der Waals surface area (Å²) >= 11 is 0. The van der Waals surface area contributed by atoms with E-state index < -0.39 is 0 Å². The number of hydrogen-bond acceptors (Lipinski definition) is 3. The van der Waals surface area contributed by atoms with Crippen LogP contribution in [-0.2, 0) is 4.79 Å². The lowest BCUT2D eigenvalue weighted by atomic mass is 9.96. The van der Waals surface area contributed by atoms with Crippen molar-refractivity contribution in [2.45, 2.75) is 25.7 Å². The largest absolute Gasteiger partial charge is 0.342 e. The molecule has 1 aliphatic rings. The van der Waals surface area contributed by atoms with E-state index in [0.717, 1.165) is 37.4 Å². The molecule has 0 N–H and O–H groups in total. The van der Waals surface area contributed by atoms with Gasteiger partial charge in [-0.25, -0.2) is 0 Å². The van der Waals surface area contributed by atoms with Crippen molar-refractivity contribution < 1.29 is 4.79 Å². The minimum absolute atomic E-state index is 0.135. The topological polar surface area (TPSA) is 51.0 Å². The number of rotatable bonds is 2. The number of hydrogen-bond donors (Lipinski definition) is 0. The molecule has 5 heteroatoms. The Morgan fingerprint density at radius 2 is 2.00 bits per heavy atom. The van der Waals surface area contributed by atoms with E-state index in [-0.39, 0.29) is 11.8 Å². The molecule has 5 nitrogen and oxygen atoms in total. The average molecular weight is 320 g/mol. The van der Waals surface area contributed by atoms with Crippen LogP contribution in [0.25, 0.3) is 16.5 Å². The van der Waals surface area contributed by atoms with Crippen LogP contribution in [0.2, 0.25) is 0 Å². The summed E-state index contributed by atoms with van der Waals surface area (Å²) in [6.07, 6.45) is 3.82. The molecule has 1 aliphatic heterocycles. The maximum absolute atomic E-state index is 11.7. The molecule has 2 aromatic carbocycles. The van der Waals surface area contributed by atoms with Crippen LogP contribution in [0.5, 0.6) is 0 Å². The van der Waals surface area contributed by atoms with Gasteiger partial charge in [0.05, 0.1) is 5.69 Å². The predicted octanol–water partition coefficient (Wildman–Crippen LogP) is 3.15. The number of nitrogens with zero attached hydrogens (tertiary/aromatic N) is 4. The lowest BCUT2D eigenvalue weighted by molar-refractivity contribution is -0.130. The van der Waals surface area contributed by atoms with Crippen LogP contribution in [0.15, 0.2) is 48.8 Å². The molecule has 0 radical (unpaired) electrons. The van der Waals surface area contributed by atoms with E-state index in [2.05, 4.69) is 45.1 Å². The van der Waals surface area contributed by atoms with Crippen LogP contribution in [0.1, 0.15) is 31.5 Å². The number of benzene rings is 2. The first-order valence-electron chi connectivity index (χ1n) is 8.37. The molecular formula is C19H20N4O. The summed E-state index contributed by atoms with van der Waals surface area (Å²) in [5.74, 6) is 1.30. The van der Waals surface area contributed by atoms with E-state index in [4.69, 9.17) is 0 Å². The molecule has 1 saturated heterocycles. The van der Waals surface area contributed by atoms with Crippen LogP contribution < -0.4 is 0 Å². The number of carbonyl (C=O) groups excluding carboxylic acids is 1. The highest BCUT2D eigenvalue weighted by Crippen LogP contribution is 2.29. The highest BCUT2D eigenvalue weighted by atomic mass is 16.2. The summed E-state index contributed by atoms with van der Waals surface area (Å²) in [5, 5.41) is 10.9. The Balaban J connectivity index is 1.76. The van der Waals surface area contributed by atoms with Gasteiger partial charge in [0.2, 0.25) is 5.91 Å². The molecule has 3 aromatic rings. The molecule has 0 saturated carbocycles. The zero-order chi connectivity index (χ0) is 16.5. The van der Waals surface area contributed by atoms with Gasteiger partial charge in [0.1, 0.15) is 12.2 Å². The summed E-state index contributed by atoms with van der Waals surface area (Å²) in [7, 11) is 0. The van der Waals surface area contributed by atoms with Crippen molar-refractivity contribution in [3.63, 3.8) is 0 Å². The fourth-order valence-electron chi connectivity index (χ4n) is 3.60. The first kappa shape index (κ1) is 14.9. The second kappa shape index (κ2) is 6.07. The van der Waals surface area contributed by atoms with E-state index in [9.17, 15) is 4.79 Å². The van der Waals surface area contributed by atoms with Crippen molar-refractivity contribution in [3.8, 4) is 5.69 Å². The van der Waals surface area contributed by atoms with Gasteiger partial charge in [0.25, 0.3) is 0 Å². The Kier molecular flexibility index (Phi) is 3.76. The molecule has 2 heterocycles. The van der Waals surface area contributed by atoms with Gasteiger partial charge >= 0.3 is 0 Å². The minimum atomic E-state index is 0.135. The van der Waals surface area contributed by atoms with E-state index in [1.165, 1.54) is 10.8 Å². The molecule has 0 spiro atoms. The quantitative estimate of drug-likeness (QED) is 0.729. The Bertz CT molecular complexity index is 880. The fraction of sp³-hybridized carbons (Fsp3) is 0.316. The average Bonchev–Trinajstić information content (AvgIpc) is 3.11. The molecule has 1 fully saturated rings. The monoisotopic (exact) mass is 320 g/mol. The Morgan fingerprint density at radius 3 is 2.88 bits per heavy atom.